The molecule has 4 aromatic carbocycles. The maximum atomic E-state index is 13.4. The molecule has 0 heterocycles. The molecule has 0 bridgehead atoms. The standard InChI is InChI=1S/C10H8F4O2.C10H12O2.2C10H14.3C8H18O.C8H18.C6H14O/c1-3(2)4-6(11)5(10(15)16)8(13)9(14)7(4)12;1-7(2)8-4-3-5-9(6-8)10(11)12;1-8(2)10-6-4-9(3)5-7-10;1-8(2)10-7-5-4-6-9(10)3;1-7(2)9-6-8(3,4)5;1-6(2)8(5)9-7(3)4;1-5-8(6-2)9-7(3)4;1-7(2)6-8(3,4)5;1-5(2)7-6(3)4/h3H,1-2H3,(H,15,16);3-7H,1-2H3,(H,11,12);2*4-8H,1-3H3;7H,6H2,1-5H3;6-8H,1-5H3;7-8H,5-6H2,1-4H3;7H,6H2,1-5H3;5-6H,1-4H3. The van der Waals surface area contributed by atoms with Crippen LogP contribution in [0.15, 0.2) is 72.8 Å². The van der Waals surface area contributed by atoms with E-state index in [2.05, 4.69) is 222 Å². The average molecular weight is 1280 g/mol. The lowest BCUT2D eigenvalue weighted by molar-refractivity contribution is -0.00643. The molecule has 0 aliphatic rings. The predicted octanol–water partition coefficient (Wildman–Crippen LogP) is 24.2. The molecule has 8 nitrogen and oxygen atoms in total. The van der Waals surface area contributed by atoms with Crippen molar-refractivity contribution >= 4 is 11.9 Å². The van der Waals surface area contributed by atoms with Gasteiger partial charge in [0.15, 0.2) is 17.5 Å². The molecule has 2 N–H and O–H groups in total. The van der Waals surface area contributed by atoms with Crippen molar-refractivity contribution in [2.24, 2.45) is 22.7 Å². The van der Waals surface area contributed by atoms with E-state index >= 15 is 0 Å². The highest BCUT2D eigenvalue weighted by atomic mass is 19.2. The molecule has 0 fully saturated rings. The van der Waals surface area contributed by atoms with Crippen LogP contribution in [0, 0.1) is 59.8 Å². The zero-order chi connectivity index (χ0) is 71.7. The largest absolute Gasteiger partial charge is 0.478 e. The van der Waals surface area contributed by atoms with Crippen LogP contribution < -0.4 is 0 Å². The molecule has 1 unspecified atom stereocenters. The van der Waals surface area contributed by atoms with E-state index in [1.54, 1.807) is 18.2 Å². The second-order valence-corrected chi connectivity index (χ2v) is 28.7. The highest BCUT2D eigenvalue weighted by Gasteiger charge is 2.30. The van der Waals surface area contributed by atoms with Crippen molar-refractivity contribution in [2.75, 3.05) is 6.61 Å². The van der Waals surface area contributed by atoms with Gasteiger partial charge in [0.05, 0.1) is 54.9 Å². The van der Waals surface area contributed by atoms with Crippen molar-refractivity contribution in [2.45, 2.75) is 314 Å². The van der Waals surface area contributed by atoms with E-state index in [9.17, 15) is 27.2 Å². The van der Waals surface area contributed by atoms with Crippen molar-refractivity contribution in [3.8, 4) is 0 Å². The van der Waals surface area contributed by atoms with Gasteiger partial charge in [-0.25, -0.2) is 27.2 Å². The van der Waals surface area contributed by atoms with Crippen LogP contribution in [-0.4, -0.2) is 71.5 Å². The third-order valence-corrected chi connectivity index (χ3v) is 12.7. The van der Waals surface area contributed by atoms with Gasteiger partial charge in [-0.1, -0.05) is 205 Å². The Morgan fingerprint density at radius 1 is 0.467 bits per heavy atom. The predicted molar refractivity (Wildman–Crippen MR) is 377 cm³/mol. The second kappa shape index (κ2) is 49.9. The molecule has 12 heteroatoms. The van der Waals surface area contributed by atoms with Crippen LogP contribution in [0.5, 0.6) is 0 Å². The number of ether oxygens (including phenoxy) is 4. The fourth-order valence-electron chi connectivity index (χ4n) is 8.20. The number of aromatic carboxylic acids is 2. The maximum absolute atomic E-state index is 13.4. The van der Waals surface area contributed by atoms with Crippen LogP contribution in [0.3, 0.4) is 0 Å². The smallest absolute Gasteiger partial charge is 0.341 e. The zero-order valence-electron chi connectivity index (χ0n) is 63.1. The van der Waals surface area contributed by atoms with Gasteiger partial charge in [0.1, 0.15) is 11.4 Å². The summed E-state index contributed by atoms with van der Waals surface area (Å²) < 4.78 is 74.3. The van der Waals surface area contributed by atoms with Gasteiger partial charge in [0.25, 0.3) is 0 Å². The average Bonchev–Trinajstić information content (AvgIpc) is 0.792. The summed E-state index contributed by atoms with van der Waals surface area (Å²) in [5.74, 6) is -7.72. The molecule has 0 radical (unpaired) electrons. The molecule has 0 aliphatic heterocycles. The first-order valence-electron chi connectivity index (χ1n) is 33.1. The first-order chi connectivity index (χ1) is 41.0. The Bertz CT molecular complexity index is 2430. The number of rotatable bonds is 18. The Labute approximate surface area is 549 Å². The van der Waals surface area contributed by atoms with Crippen molar-refractivity contribution in [3.63, 3.8) is 0 Å². The number of carboxylic acids is 2. The highest BCUT2D eigenvalue weighted by molar-refractivity contribution is 5.89. The lowest BCUT2D eigenvalue weighted by Gasteiger charge is -2.19. The topological polar surface area (TPSA) is 112 Å². The van der Waals surface area contributed by atoms with Crippen LogP contribution in [0.2, 0.25) is 0 Å². The minimum absolute atomic E-state index is 0.310. The lowest BCUT2D eigenvalue weighted by Crippen LogP contribution is -2.19. The molecule has 90 heavy (non-hydrogen) atoms. The van der Waals surface area contributed by atoms with Gasteiger partial charge in [0, 0.05) is 5.56 Å². The van der Waals surface area contributed by atoms with Gasteiger partial charge in [-0.15, -0.1) is 0 Å². The van der Waals surface area contributed by atoms with Gasteiger partial charge in [-0.05, 0) is 190 Å². The maximum Gasteiger partial charge on any atom is 0.341 e. The zero-order valence-corrected chi connectivity index (χ0v) is 63.1. The summed E-state index contributed by atoms with van der Waals surface area (Å²) in [6.07, 6.45) is 6.33. The molecule has 522 valence electrons. The minimum Gasteiger partial charge on any atom is -0.478 e. The molecule has 4 rings (SSSR count). The molecule has 4 aromatic rings. The van der Waals surface area contributed by atoms with E-state index in [1.165, 1.54) is 42.5 Å². The van der Waals surface area contributed by atoms with Gasteiger partial charge >= 0.3 is 11.9 Å². The Balaban J connectivity index is -0.000000304. The lowest BCUT2D eigenvalue weighted by atomic mass is 9.86. The van der Waals surface area contributed by atoms with E-state index in [0.29, 0.717) is 82.8 Å². The molecule has 1 atom stereocenters. The Hall–Kier alpha value is -4.62. The molecule has 0 aromatic heterocycles. The van der Waals surface area contributed by atoms with Crippen LogP contribution in [0.1, 0.15) is 312 Å². The van der Waals surface area contributed by atoms with Gasteiger partial charge in [0.2, 0.25) is 0 Å². The van der Waals surface area contributed by atoms with Crippen LogP contribution in [-0.2, 0) is 18.9 Å². The van der Waals surface area contributed by atoms with Crippen molar-refractivity contribution < 1.29 is 56.3 Å². The molecule has 0 amide bonds. The number of carboxylic acid groups (broad SMARTS) is 2. The number of halogens is 4. The van der Waals surface area contributed by atoms with Crippen molar-refractivity contribution in [1.29, 1.82) is 0 Å². The third kappa shape index (κ3) is 51.0. The highest BCUT2D eigenvalue weighted by Crippen LogP contribution is 2.30. The molecular formula is C78H134F4O8. The molecule has 0 spiro atoms. The summed E-state index contributed by atoms with van der Waals surface area (Å²) in [4.78, 5) is 21.1. The van der Waals surface area contributed by atoms with E-state index in [0.717, 1.165) is 30.9 Å². The summed E-state index contributed by atoms with van der Waals surface area (Å²) in [7, 11) is 0. The summed E-state index contributed by atoms with van der Waals surface area (Å²) >= 11 is 0. The number of aryl methyl sites for hydroxylation is 2. The Morgan fingerprint density at radius 2 is 0.922 bits per heavy atom. The molecule has 0 aliphatic carbocycles. The minimum atomic E-state index is -2.02. The SMILES string of the molecule is CC(C)CC(C)(C)C.CC(C)OC(C)C.CC(C)OC(C)C(C)C.CC(C)OCC(C)(C)C.CC(C)c1c(F)c(F)c(F)c(C(=O)O)c1F.CC(C)c1cccc(C(=O)O)c1.CCC(CC)OC(C)C.Cc1ccc(C(C)C)cc1.Cc1ccccc1C(C)C. The number of benzene rings is 4. The fraction of sp³-hybridized carbons (Fsp3) is 0.667. The Kier molecular flexibility index (Phi) is 52.2. The summed E-state index contributed by atoms with van der Waals surface area (Å²) in [5.41, 5.74) is 5.64. The van der Waals surface area contributed by atoms with Crippen LogP contribution in [0.4, 0.5) is 17.6 Å². The normalized spacial score (nSPS) is 11.5. The van der Waals surface area contributed by atoms with Gasteiger partial charge < -0.3 is 29.2 Å². The number of carbonyl (C=O) groups is 2. The van der Waals surface area contributed by atoms with E-state index in [-0.39, 0.29) is 0 Å². The van der Waals surface area contributed by atoms with Crippen molar-refractivity contribution in [1.82, 2.24) is 0 Å². The number of hydrogen-bond acceptors (Lipinski definition) is 6. The van der Waals surface area contributed by atoms with Crippen LogP contribution in [0.25, 0.3) is 0 Å². The summed E-state index contributed by atoms with van der Waals surface area (Å²) in [6.45, 7) is 70.1. The molecule has 0 saturated heterocycles. The first kappa shape index (κ1) is 94.1. The van der Waals surface area contributed by atoms with E-state index in [1.807, 2.05) is 47.6 Å². The summed E-state index contributed by atoms with van der Waals surface area (Å²) in [6, 6.07) is 24.3. The quantitative estimate of drug-likeness (QED) is 0.0576. The molecule has 0 saturated carbocycles. The molecular weight excluding hydrogens is 1140 g/mol. The third-order valence-electron chi connectivity index (χ3n) is 12.7. The van der Waals surface area contributed by atoms with Gasteiger partial charge in [-0.2, -0.15) is 0 Å². The summed E-state index contributed by atoms with van der Waals surface area (Å²) in [5, 5.41) is 17.2. The van der Waals surface area contributed by atoms with Gasteiger partial charge in [-0.3, -0.25) is 0 Å². The fourth-order valence-corrected chi connectivity index (χ4v) is 8.20. The van der Waals surface area contributed by atoms with Crippen molar-refractivity contribution in [3.05, 3.63) is 141 Å². The van der Waals surface area contributed by atoms with Crippen LogP contribution >= 0.6 is 0 Å². The van der Waals surface area contributed by atoms with E-state index < -0.39 is 52.3 Å². The second-order valence-electron chi connectivity index (χ2n) is 28.7. The van der Waals surface area contributed by atoms with E-state index in [4.69, 9.17) is 29.2 Å². The Morgan fingerprint density at radius 3 is 1.18 bits per heavy atom. The first-order valence-corrected chi connectivity index (χ1v) is 33.1. The monoisotopic (exact) mass is 1280 g/mol. The number of hydrogen-bond donors (Lipinski definition) is 2.